The van der Waals surface area contributed by atoms with Crippen LogP contribution in [0.1, 0.15) is 27.2 Å². The van der Waals surface area contributed by atoms with E-state index in [9.17, 15) is 14.7 Å². The molecule has 4 nitrogen and oxygen atoms in total. The summed E-state index contributed by atoms with van der Waals surface area (Å²) in [6.45, 7) is 3.44. The second-order valence-electron chi connectivity index (χ2n) is 5.26. The second-order valence-corrected chi connectivity index (χ2v) is 5.26. The quantitative estimate of drug-likeness (QED) is 0.736. The Balaban J connectivity index is 2.15. The molecule has 0 aliphatic rings. The molecule has 0 saturated heterocycles. The van der Waals surface area contributed by atoms with Gasteiger partial charge in [0, 0.05) is 11.6 Å². The Hall–Kier alpha value is -2.88. The molecule has 0 bridgehead atoms. The second kappa shape index (κ2) is 5.15. The van der Waals surface area contributed by atoms with Crippen molar-refractivity contribution in [3.63, 3.8) is 0 Å². The van der Waals surface area contributed by atoms with Crippen LogP contribution >= 0.6 is 0 Å². The maximum Gasteiger partial charge on any atom is 0.228 e. The Kier molecular flexibility index (Phi) is 3.29. The molecule has 4 heteroatoms. The summed E-state index contributed by atoms with van der Waals surface area (Å²) in [6, 6.07) is 11.2. The first-order valence-electron chi connectivity index (χ1n) is 6.85. The van der Waals surface area contributed by atoms with Gasteiger partial charge in [0.1, 0.15) is 11.3 Å². The van der Waals surface area contributed by atoms with Crippen molar-refractivity contribution >= 4 is 16.8 Å². The molecule has 0 saturated carbocycles. The van der Waals surface area contributed by atoms with Crippen LogP contribution in [0.3, 0.4) is 0 Å². The molecule has 0 unspecified atom stereocenters. The van der Waals surface area contributed by atoms with Crippen LogP contribution in [-0.2, 0) is 0 Å². The van der Waals surface area contributed by atoms with Crippen molar-refractivity contribution < 1.29 is 14.3 Å². The van der Waals surface area contributed by atoms with E-state index in [2.05, 4.69) is 0 Å². The van der Waals surface area contributed by atoms with Crippen molar-refractivity contribution in [3.05, 3.63) is 75.1 Å². The molecule has 0 aliphatic heterocycles. The predicted molar refractivity (Wildman–Crippen MR) is 83.5 cm³/mol. The number of aryl methyl sites for hydroxylation is 2. The van der Waals surface area contributed by atoms with Gasteiger partial charge >= 0.3 is 0 Å². The Morgan fingerprint density at radius 2 is 1.68 bits per heavy atom. The lowest BCUT2D eigenvalue weighted by Gasteiger charge is -2.07. The summed E-state index contributed by atoms with van der Waals surface area (Å²) in [5, 5.41) is 10.2. The zero-order valence-corrected chi connectivity index (χ0v) is 12.2. The van der Waals surface area contributed by atoms with E-state index in [4.69, 9.17) is 4.42 Å². The summed E-state index contributed by atoms with van der Waals surface area (Å²) in [7, 11) is 0. The Morgan fingerprint density at radius 1 is 1.05 bits per heavy atom. The number of phenolic OH excluding ortho intramolecular Hbond substituents is 1. The molecular weight excluding hydrogens is 280 g/mol. The molecule has 1 aromatic heterocycles. The van der Waals surface area contributed by atoms with Crippen molar-refractivity contribution in [2.45, 2.75) is 13.8 Å². The third kappa shape index (κ3) is 2.29. The summed E-state index contributed by atoms with van der Waals surface area (Å²) < 4.78 is 5.56. The third-order valence-electron chi connectivity index (χ3n) is 3.61. The average molecular weight is 294 g/mol. The summed E-state index contributed by atoms with van der Waals surface area (Å²) >= 11 is 0. The minimum absolute atomic E-state index is 0.00631. The van der Waals surface area contributed by atoms with Crippen molar-refractivity contribution in [1.29, 1.82) is 0 Å². The number of phenols is 1. The van der Waals surface area contributed by atoms with Gasteiger partial charge < -0.3 is 9.52 Å². The number of carbonyl (C=O) groups excluding carboxylic acids is 1. The van der Waals surface area contributed by atoms with E-state index < -0.39 is 0 Å². The molecule has 3 aromatic rings. The van der Waals surface area contributed by atoms with Gasteiger partial charge in [-0.25, -0.2) is 0 Å². The van der Waals surface area contributed by atoms with E-state index >= 15 is 0 Å². The molecule has 1 heterocycles. The average Bonchev–Trinajstić information content (AvgIpc) is 2.51. The number of rotatable bonds is 2. The monoisotopic (exact) mass is 294 g/mol. The van der Waals surface area contributed by atoms with Crippen molar-refractivity contribution in [2.24, 2.45) is 0 Å². The summed E-state index contributed by atoms with van der Waals surface area (Å²) in [5.74, 6) is -0.223. The lowest BCUT2D eigenvalue weighted by molar-refractivity contribution is 0.101. The molecule has 1 N–H and O–H groups in total. The predicted octanol–water partition coefficient (Wildman–Crippen LogP) is 3.35. The number of benzene rings is 2. The van der Waals surface area contributed by atoms with Crippen LogP contribution in [0.15, 0.2) is 51.7 Å². The number of para-hydroxylation sites is 1. The first kappa shape index (κ1) is 14.1. The highest BCUT2D eigenvalue weighted by Crippen LogP contribution is 2.24. The van der Waals surface area contributed by atoms with Crippen LogP contribution in [0.5, 0.6) is 5.75 Å². The largest absolute Gasteiger partial charge is 0.507 e. The normalized spacial score (nSPS) is 10.8. The summed E-state index contributed by atoms with van der Waals surface area (Å²) in [4.78, 5) is 24.6. The number of fused-ring (bicyclic) bond motifs is 1. The highest BCUT2D eigenvalue weighted by Gasteiger charge is 2.16. The van der Waals surface area contributed by atoms with Crippen molar-refractivity contribution in [1.82, 2.24) is 0 Å². The highest BCUT2D eigenvalue weighted by atomic mass is 16.3. The molecule has 0 spiro atoms. The van der Waals surface area contributed by atoms with Gasteiger partial charge in [-0.05, 0) is 49.2 Å². The highest BCUT2D eigenvalue weighted by molar-refractivity contribution is 6.08. The van der Waals surface area contributed by atoms with Crippen LogP contribution in [0.25, 0.3) is 11.0 Å². The van der Waals surface area contributed by atoms with Gasteiger partial charge in [0.15, 0.2) is 11.2 Å². The van der Waals surface area contributed by atoms with Gasteiger partial charge in [-0.15, -0.1) is 0 Å². The van der Waals surface area contributed by atoms with Gasteiger partial charge in [0.25, 0.3) is 0 Å². The SMILES string of the molecule is Cc1cc(C(=O)c2cc(=O)c3ccccc3o2)cc(C)c1O. The fourth-order valence-corrected chi connectivity index (χ4v) is 2.45. The van der Waals surface area contributed by atoms with Crippen molar-refractivity contribution in [2.75, 3.05) is 0 Å². The zero-order chi connectivity index (χ0) is 15.9. The maximum absolute atomic E-state index is 12.5. The van der Waals surface area contributed by atoms with Crippen LogP contribution in [0, 0.1) is 13.8 Å². The first-order chi connectivity index (χ1) is 10.5. The van der Waals surface area contributed by atoms with E-state index in [1.54, 1.807) is 50.2 Å². The van der Waals surface area contributed by atoms with Crippen LogP contribution in [0.4, 0.5) is 0 Å². The number of carbonyl (C=O) groups is 1. The molecule has 2 aromatic carbocycles. The van der Waals surface area contributed by atoms with Gasteiger partial charge in [-0.1, -0.05) is 12.1 Å². The van der Waals surface area contributed by atoms with E-state index in [-0.39, 0.29) is 22.7 Å². The van der Waals surface area contributed by atoms with E-state index in [0.717, 1.165) is 0 Å². The fourth-order valence-electron chi connectivity index (χ4n) is 2.45. The van der Waals surface area contributed by atoms with Crippen LogP contribution in [0.2, 0.25) is 0 Å². The van der Waals surface area contributed by atoms with Gasteiger partial charge in [-0.3, -0.25) is 9.59 Å². The van der Waals surface area contributed by atoms with E-state index in [1.165, 1.54) is 6.07 Å². The lowest BCUT2D eigenvalue weighted by atomic mass is 10.0. The molecule has 0 atom stereocenters. The minimum atomic E-state index is -0.381. The molecule has 3 rings (SSSR count). The minimum Gasteiger partial charge on any atom is -0.507 e. The molecule has 22 heavy (non-hydrogen) atoms. The molecule has 0 aliphatic carbocycles. The van der Waals surface area contributed by atoms with Crippen LogP contribution in [-0.4, -0.2) is 10.9 Å². The number of ketones is 1. The number of aromatic hydroxyl groups is 1. The smallest absolute Gasteiger partial charge is 0.228 e. The lowest BCUT2D eigenvalue weighted by Crippen LogP contribution is -2.08. The maximum atomic E-state index is 12.5. The van der Waals surface area contributed by atoms with Crippen molar-refractivity contribution in [3.8, 4) is 5.75 Å². The number of hydrogen-bond donors (Lipinski definition) is 1. The topological polar surface area (TPSA) is 67.5 Å². The standard InChI is InChI=1S/C18H14O4/c1-10-7-12(8-11(2)17(10)20)18(21)16-9-14(19)13-5-3-4-6-15(13)22-16/h3-9,20H,1-2H3. The van der Waals surface area contributed by atoms with Gasteiger partial charge in [0.2, 0.25) is 5.78 Å². The molecule has 0 radical (unpaired) electrons. The van der Waals surface area contributed by atoms with E-state index in [1.807, 2.05) is 0 Å². The Labute approximate surface area is 126 Å². The first-order valence-corrected chi connectivity index (χ1v) is 6.85. The number of hydrogen-bond acceptors (Lipinski definition) is 4. The molecule has 0 fully saturated rings. The summed E-state index contributed by atoms with van der Waals surface area (Å²) in [6.07, 6.45) is 0. The zero-order valence-electron chi connectivity index (χ0n) is 12.2. The summed E-state index contributed by atoms with van der Waals surface area (Å²) in [5.41, 5.74) is 1.71. The van der Waals surface area contributed by atoms with Gasteiger partial charge in [-0.2, -0.15) is 0 Å². The van der Waals surface area contributed by atoms with Gasteiger partial charge in [0.05, 0.1) is 5.39 Å². The fraction of sp³-hybridized carbons (Fsp3) is 0.111. The third-order valence-corrected chi connectivity index (χ3v) is 3.61. The molecule has 110 valence electrons. The van der Waals surface area contributed by atoms with Crippen LogP contribution < -0.4 is 5.43 Å². The Bertz CT molecular complexity index is 928. The Morgan fingerprint density at radius 3 is 2.36 bits per heavy atom. The van der Waals surface area contributed by atoms with E-state index in [0.29, 0.717) is 27.7 Å². The molecule has 0 amide bonds. The molecular formula is C18H14O4.